The first-order valence-electron chi connectivity index (χ1n) is 7.86. The predicted octanol–water partition coefficient (Wildman–Crippen LogP) is 2.43. The smallest absolute Gasteiger partial charge is 0.335 e. The molecular formula is C17H23ClN2O3. The third kappa shape index (κ3) is 3.51. The van der Waals surface area contributed by atoms with Gasteiger partial charge >= 0.3 is 5.97 Å². The SMILES string of the molecule is Cc1cc([C@H](C)NC(=O)[C@@H]2N[C@H]3CC[C@@H]2C3)ccc1C(=O)O.Cl. The summed E-state index contributed by atoms with van der Waals surface area (Å²) in [6.45, 7) is 3.71. The number of carboxylic acids is 1. The van der Waals surface area contributed by atoms with Gasteiger partial charge < -0.3 is 15.7 Å². The number of benzene rings is 1. The highest BCUT2D eigenvalue weighted by atomic mass is 35.5. The van der Waals surface area contributed by atoms with Gasteiger partial charge in [-0.1, -0.05) is 12.1 Å². The van der Waals surface area contributed by atoms with Gasteiger partial charge in [-0.2, -0.15) is 0 Å². The Kier molecular flexibility index (Phi) is 5.32. The molecule has 4 atom stereocenters. The normalized spacial score (nSPS) is 26.4. The van der Waals surface area contributed by atoms with E-state index in [2.05, 4.69) is 10.6 Å². The van der Waals surface area contributed by atoms with Crippen LogP contribution in [-0.4, -0.2) is 29.1 Å². The molecule has 1 aliphatic carbocycles. The number of aryl methyl sites for hydroxylation is 1. The highest BCUT2D eigenvalue weighted by Gasteiger charge is 2.42. The van der Waals surface area contributed by atoms with E-state index in [9.17, 15) is 9.59 Å². The van der Waals surface area contributed by atoms with Crippen LogP contribution in [0.15, 0.2) is 18.2 Å². The lowest BCUT2D eigenvalue weighted by molar-refractivity contribution is -0.124. The molecule has 6 heteroatoms. The summed E-state index contributed by atoms with van der Waals surface area (Å²) in [7, 11) is 0. The fourth-order valence-corrected chi connectivity index (χ4v) is 3.73. The molecule has 23 heavy (non-hydrogen) atoms. The maximum atomic E-state index is 12.4. The van der Waals surface area contributed by atoms with Crippen molar-refractivity contribution in [2.45, 2.75) is 51.2 Å². The van der Waals surface area contributed by atoms with E-state index in [0.717, 1.165) is 18.4 Å². The van der Waals surface area contributed by atoms with Crippen molar-refractivity contribution < 1.29 is 14.7 Å². The number of halogens is 1. The van der Waals surface area contributed by atoms with Crippen LogP contribution in [0.1, 0.15) is 53.7 Å². The molecule has 1 saturated carbocycles. The second kappa shape index (κ2) is 6.89. The van der Waals surface area contributed by atoms with Crippen LogP contribution in [-0.2, 0) is 4.79 Å². The molecule has 1 aliphatic heterocycles. The summed E-state index contributed by atoms with van der Waals surface area (Å²) in [5.74, 6) is -0.403. The van der Waals surface area contributed by atoms with Crippen LogP contribution in [0.3, 0.4) is 0 Å². The number of piperidine rings is 1. The summed E-state index contributed by atoms with van der Waals surface area (Å²) in [6.07, 6.45) is 3.43. The topological polar surface area (TPSA) is 78.4 Å². The van der Waals surface area contributed by atoms with Gasteiger partial charge in [0.25, 0.3) is 0 Å². The molecule has 0 unspecified atom stereocenters. The molecule has 1 amide bonds. The van der Waals surface area contributed by atoms with Crippen LogP contribution in [0.5, 0.6) is 0 Å². The fraction of sp³-hybridized carbons (Fsp3) is 0.529. The van der Waals surface area contributed by atoms with E-state index in [1.807, 2.05) is 13.0 Å². The zero-order chi connectivity index (χ0) is 15.9. The van der Waals surface area contributed by atoms with Crippen molar-refractivity contribution in [1.29, 1.82) is 0 Å². The number of carboxylic acid groups (broad SMARTS) is 1. The second-order valence-corrected chi connectivity index (χ2v) is 6.52. The number of amides is 1. The van der Waals surface area contributed by atoms with Crippen LogP contribution in [0.4, 0.5) is 0 Å². The van der Waals surface area contributed by atoms with Crippen molar-refractivity contribution in [3.63, 3.8) is 0 Å². The largest absolute Gasteiger partial charge is 0.478 e. The van der Waals surface area contributed by atoms with E-state index in [1.165, 1.54) is 6.42 Å². The maximum absolute atomic E-state index is 12.4. The Labute approximate surface area is 142 Å². The summed E-state index contributed by atoms with van der Waals surface area (Å²) in [5, 5.41) is 15.5. The highest BCUT2D eigenvalue weighted by Crippen LogP contribution is 2.35. The van der Waals surface area contributed by atoms with E-state index in [4.69, 9.17) is 5.11 Å². The Morgan fingerprint density at radius 1 is 1.35 bits per heavy atom. The van der Waals surface area contributed by atoms with Crippen molar-refractivity contribution in [1.82, 2.24) is 10.6 Å². The Morgan fingerprint density at radius 3 is 2.61 bits per heavy atom. The summed E-state index contributed by atoms with van der Waals surface area (Å²) in [5.41, 5.74) is 1.94. The molecule has 1 saturated heterocycles. The van der Waals surface area contributed by atoms with E-state index in [-0.39, 0.29) is 30.4 Å². The monoisotopic (exact) mass is 338 g/mol. The molecule has 2 bridgehead atoms. The molecule has 1 aromatic rings. The van der Waals surface area contributed by atoms with Gasteiger partial charge in [0, 0.05) is 6.04 Å². The molecule has 126 valence electrons. The van der Waals surface area contributed by atoms with Gasteiger partial charge in [0.05, 0.1) is 17.6 Å². The minimum absolute atomic E-state index is 0. The number of nitrogens with one attached hydrogen (secondary N) is 2. The maximum Gasteiger partial charge on any atom is 0.335 e. The summed E-state index contributed by atoms with van der Waals surface area (Å²) in [4.78, 5) is 23.5. The Hall–Kier alpha value is -1.59. The van der Waals surface area contributed by atoms with Crippen molar-refractivity contribution >= 4 is 24.3 Å². The van der Waals surface area contributed by atoms with Gasteiger partial charge in [0.2, 0.25) is 5.91 Å². The van der Waals surface area contributed by atoms with Crippen molar-refractivity contribution in [2.24, 2.45) is 5.92 Å². The standard InChI is InChI=1S/C17H22N2O3.ClH/c1-9-7-11(4-6-14(9)17(21)22)10(2)18-16(20)15-12-3-5-13(8-12)19-15;/h4,6-7,10,12-13,15,19H,3,5,8H2,1-2H3,(H,18,20)(H,21,22);1H/t10-,12+,13-,15+;/m0./s1. The van der Waals surface area contributed by atoms with Gasteiger partial charge in [-0.05, 0) is 56.2 Å². The summed E-state index contributed by atoms with van der Waals surface area (Å²) >= 11 is 0. The minimum Gasteiger partial charge on any atom is -0.478 e. The molecule has 2 fully saturated rings. The van der Waals surface area contributed by atoms with Crippen LogP contribution in [0.25, 0.3) is 0 Å². The van der Waals surface area contributed by atoms with Crippen molar-refractivity contribution in [3.8, 4) is 0 Å². The van der Waals surface area contributed by atoms with Crippen LogP contribution in [0, 0.1) is 12.8 Å². The molecule has 3 N–H and O–H groups in total. The van der Waals surface area contributed by atoms with Gasteiger partial charge in [0.1, 0.15) is 0 Å². The molecule has 1 aromatic carbocycles. The second-order valence-electron chi connectivity index (χ2n) is 6.52. The van der Waals surface area contributed by atoms with E-state index in [1.54, 1.807) is 19.1 Å². The highest BCUT2D eigenvalue weighted by molar-refractivity contribution is 5.89. The van der Waals surface area contributed by atoms with Crippen LogP contribution in [0.2, 0.25) is 0 Å². The van der Waals surface area contributed by atoms with E-state index >= 15 is 0 Å². The third-order valence-corrected chi connectivity index (χ3v) is 4.98. The summed E-state index contributed by atoms with van der Waals surface area (Å²) in [6, 6.07) is 5.52. The lowest BCUT2D eigenvalue weighted by atomic mass is 9.97. The van der Waals surface area contributed by atoms with Crippen molar-refractivity contribution in [2.75, 3.05) is 0 Å². The van der Waals surface area contributed by atoms with Gasteiger partial charge in [-0.3, -0.25) is 4.79 Å². The van der Waals surface area contributed by atoms with Crippen LogP contribution >= 0.6 is 12.4 Å². The third-order valence-electron chi connectivity index (χ3n) is 4.98. The van der Waals surface area contributed by atoms with E-state index < -0.39 is 5.97 Å². The number of fused-ring (bicyclic) bond motifs is 2. The number of aromatic carboxylic acids is 1. The Morgan fingerprint density at radius 2 is 2.09 bits per heavy atom. The number of rotatable bonds is 4. The first kappa shape index (κ1) is 17.8. The number of carbonyl (C=O) groups excluding carboxylic acids is 1. The lowest BCUT2D eigenvalue weighted by Gasteiger charge is -2.24. The molecule has 1 heterocycles. The van der Waals surface area contributed by atoms with Gasteiger partial charge in [0.15, 0.2) is 0 Å². The first-order valence-corrected chi connectivity index (χ1v) is 7.86. The van der Waals surface area contributed by atoms with Crippen molar-refractivity contribution in [3.05, 3.63) is 34.9 Å². The average Bonchev–Trinajstić information content (AvgIpc) is 3.09. The molecule has 2 aliphatic rings. The number of hydrogen-bond donors (Lipinski definition) is 3. The fourth-order valence-electron chi connectivity index (χ4n) is 3.73. The molecule has 3 rings (SSSR count). The number of hydrogen-bond acceptors (Lipinski definition) is 3. The molecule has 0 aromatic heterocycles. The van der Waals surface area contributed by atoms with Gasteiger partial charge in [-0.25, -0.2) is 4.79 Å². The molecule has 0 spiro atoms. The Balaban J connectivity index is 0.00000192. The quantitative estimate of drug-likeness (QED) is 0.788. The zero-order valence-corrected chi connectivity index (χ0v) is 14.2. The van der Waals surface area contributed by atoms with E-state index in [0.29, 0.717) is 23.1 Å². The first-order chi connectivity index (χ1) is 10.5. The van der Waals surface area contributed by atoms with Gasteiger partial charge in [-0.15, -0.1) is 12.4 Å². The van der Waals surface area contributed by atoms with Crippen LogP contribution < -0.4 is 10.6 Å². The summed E-state index contributed by atoms with van der Waals surface area (Å²) < 4.78 is 0. The lowest BCUT2D eigenvalue weighted by Crippen LogP contribution is -2.48. The zero-order valence-electron chi connectivity index (χ0n) is 13.3. The Bertz CT molecular complexity index is 620. The predicted molar refractivity (Wildman–Crippen MR) is 90.0 cm³/mol. The molecule has 0 radical (unpaired) electrons. The molecule has 5 nitrogen and oxygen atoms in total. The molecular weight excluding hydrogens is 316 g/mol. The number of carbonyl (C=O) groups is 2. The average molecular weight is 339 g/mol. The minimum atomic E-state index is -0.924.